The first-order valence-electron chi connectivity index (χ1n) is 12.5. The van der Waals surface area contributed by atoms with E-state index >= 15 is 0 Å². The van der Waals surface area contributed by atoms with E-state index in [1.54, 1.807) is 30.3 Å². The molecule has 0 saturated heterocycles. The lowest BCUT2D eigenvalue weighted by Crippen LogP contribution is -2.44. The Balaban J connectivity index is 1.88. The van der Waals surface area contributed by atoms with Crippen molar-refractivity contribution in [2.45, 2.75) is 72.3 Å². The van der Waals surface area contributed by atoms with Crippen molar-refractivity contribution < 1.29 is 26.4 Å². The molecule has 0 aliphatic carbocycles. The zero-order valence-electron chi connectivity index (χ0n) is 22.6. The van der Waals surface area contributed by atoms with Crippen LogP contribution >= 0.6 is 0 Å². The molecule has 1 aromatic heterocycles. The van der Waals surface area contributed by atoms with Crippen molar-refractivity contribution in [3.8, 4) is 0 Å². The van der Waals surface area contributed by atoms with Gasteiger partial charge in [-0.3, -0.25) is 4.68 Å². The molecule has 0 spiro atoms. The number of alkyl halides is 3. The van der Waals surface area contributed by atoms with Crippen LogP contribution in [-0.2, 0) is 29.8 Å². The number of amides is 2. The average molecular weight is 566 g/mol. The van der Waals surface area contributed by atoms with E-state index in [9.17, 15) is 26.4 Å². The number of carbonyl (C=O) groups excluding carboxylic acids is 1. The largest absolute Gasteiger partial charge is 0.408 e. The number of benzene rings is 2. The number of nitrogens with one attached hydrogen (secondary N) is 2. The van der Waals surface area contributed by atoms with Gasteiger partial charge in [0, 0.05) is 18.4 Å². The second kappa shape index (κ2) is 12.2. The molecule has 2 amide bonds. The molecular weight excluding hydrogens is 531 g/mol. The molecule has 2 aromatic carbocycles. The summed E-state index contributed by atoms with van der Waals surface area (Å²) in [5, 5.41) is 6.61. The van der Waals surface area contributed by atoms with E-state index in [1.807, 2.05) is 46.8 Å². The molecule has 0 fully saturated rings. The Morgan fingerprint density at radius 1 is 1.00 bits per heavy atom. The SMILES string of the molecule is Cc1cc(C(C)C)c(NC(=O)NS(=O)(=O)N(Cc2ccccc2)Cc2ccn(CC(F)(F)F)n2)c(C(C)C)c1. The maximum absolute atomic E-state index is 13.4. The summed E-state index contributed by atoms with van der Waals surface area (Å²) in [6.45, 7) is 8.12. The number of aromatic nitrogens is 2. The topological polar surface area (TPSA) is 96.3 Å². The van der Waals surface area contributed by atoms with Crippen LogP contribution in [0, 0.1) is 6.92 Å². The molecule has 12 heteroatoms. The zero-order valence-corrected chi connectivity index (χ0v) is 23.4. The predicted octanol–water partition coefficient (Wildman–Crippen LogP) is 6.07. The fraction of sp³-hybridized carbons (Fsp3) is 0.407. The summed E-state index contributed by atoms with van der Waals surface area (Å²) in [7, 11) is -4.44. The molecule has 3 aromatic rings. The summed E-state index contributed by atoms with van der Waals surface area (Å²) < 4.78 is 68.8. The van der Waals surface area contributed by atoms with Gasteiger partial charge in [0.1, 0.15) is 6.54 Å². The molecule has 0 aliphatic heterocycles. The Hall–Kier alpha value is -3.38. The van der Waals surface area contributed by atoms with E-state index < -0.39 is 29.0 Å². The molecule has 0 aliphatic rings. The first-order valence-corrected chi connectivity index (χ1v) is 13.9. The van der Waals surface area contributed by atoms with Crippen molar-refractivity contribution in [1.29, 1.82) is 0 Å². The molecule has 212 valence electrons. The molecule has 0 radical (unpaired) electrons. The third kappa shape index (κ3) is 8.56. The number of nitrogens with zero attached hydrogens (tertiary/aromatic N) is 3. The van der Waals surface area contributed by atoms with Crippen LogP contribution in [0.3, 0.4) is 0 Å². The molecule has 8 nitrogen and oxygen atoms in total. The molecule has 0 saturated carbocycles. The van der Waals surface area contributed by atoms with E-state index in [0.717, 1.165) is 27.2 Å². The van der Waals surface area contributed by atoms with Crippen LogP contribution in [0.1, 0.15) is 67.5 Å². The minimum atomic E-state index is -4.47. The highest BCUT2D eigenvalue weighted by Gasteiger charge is 2.30. The van der Waals surface area contributed by atoms with Gasteiger partial charge in [0.15, 0.2) is 0 Å². The van der Waals surface area contributed by atoms with E-state index in [-0.39, 0.29) is 30.6 Å². The number of carbonyl (C=O) groups is 1. The maximum atomic E-state index is 13.4. The number of halogens is 3. The van der Waals surface area contributed by atoms with Gasteiger partial charge in [-0.05, 0) is 41.5 Å². The van der Waals surface area contributed by atoms with Crippen molar-refractivity contribution in [3.63, 3.8) is 0 Å². The molecule has 39 heavy (non-hydrogen) atoms. The van der Waals surface area contributed by atoms with Crippen LogP contribution < -0.4 is 10.0 Å². The van der Waals surface area contributed by atoms with Crippen LogP contribution in [0.25, 0.3) is 0 Å². The minimum absolute atomic E-state index is 0.0655. The van der Waals surface area contributed by atoms with Crippen molar-refractivity contribution in [1.82, 2.24) is 18.8 Å². The van der Waals surface area contributed by atoms with E-state index in [0.29, 0.717) is 15.9 Å². The molecule has 1 heterocycles. The lowest BCUT2D eigenvalue weighted by Gasteiger charge is -2.24. The van der Waals surface area contributed by atoms with Gasteiger partial charge in [-0.2, -0.15) is 31.0 Å². The average Bonchev–Trinajstić information content (AvgIpc) is 3.24. The fourth-order valence-electron chi connectivity index (χ4n) is 4.17. The van der Waals surface area contributed by atoms with E-state index in [4.69, 9.17) is 0 Å². The van der Waals surface area contributed by atoms with Gasteiger partial charge in [0.25, 0.3) is 0 Å². The summed E-state index contributed by atoms with van der Waals surface area (Å²) in [6.07, 6.45) is -3.34. The standard InChI is InChI=1S/C27H34F3N5O3S/c1-18(2)23-13-20(5)14-24(19(3)4)25(23)31-26(36)33-39(37,38)35(15-21-9-7-6-8-10-21)16-22-11-12-34(32-22)17-27(28,29)30/h6-14,18-19H,15-17H2,1-5H3,(H2,31,33,36). The number of hydrogen-bond donors (Lipinski definition) is 2. The van der Waals surface area contributed by atoms with Crippen LogP contribution in [0.2, 0.25) is 0 Å². The van der Waals surface area contributed by atoms with Gasteiger partial charge < -0.3 is 5.32 Å². The monoisotopic (exact) mass is 565 g/mol. The second-order valence-electron chi connectivity index (χ2n) is 10.1. The van der Waals surface area contributed by atoms with Crippen molar-refractivity contribution >= 4 is 21.9 Å². The first-order chi connectivity index (χ1) is 18.1. The fourth-order valence-corrected chi connectivity index (χ4v) is 5.21. The van der Waals surface area contributed by atoms with Gasteiger partial charge in [-0.25, -0.2) is 9.52 Å². The molecule has 3 rings (SSSR count). The summed E-state index contributed by atoms with van der Waals surface area (Å²) in [5.74, 6) is 0.131. The van der Waals surface area contributed by atoms with Crippen LogP contribution in [-0.4, -0.2) is 34.7 Å². The highest BCUT2D eigenvalue weighted by molar-refractivity contribution is 7.87. The third-order valence-electron chi connectivity index (χ3n) is 5.97. The highest BCUT2D eigenvalue weighted by atomic mass is 32.2. The number of aryl methyl sites for hydroxylation is 1. The van der Waals surface area contributed by atoms with Crippen molar-refractivity contribution in [3.05, 3.63) is 82.7 Å². The zero-order chi connectivity index (χ0) is 29.0. The predicted molar refractivity (Wildman–Crippen MR) is 144 cm³/mol. The molecule has 0 atom stereocenters. The Morgan fingerprint density at radius 3 is 2.13 bits per heavy atom. The molecule has 0 unspecified atom stereocenters. The summed E-state index contributed by atoms with van der Waals surface area (Å²) in [4.78, 5) is 13.1. The van der Waals surface area contributed by atoms with Gasteiger partial charge in [0.2, 0.25) is 0 Å². The lowest BCUT2D eigenvalue weighted by atomic mass is 9.90. The van der Waals surface area contributed by atoms with E-state index in [1.165, 1.54) is 6.07 Å². The van der Waals surface area contributed by atoms with Gasteiger partial charge in [-0.1, -0.05) is 75.7 Å². The van der Waals surface area contributed by atoms with Crippen LogP contribution in [0.15, 0.2) is 54.7 Å². The number of anilines is 1. The maximum Gasteiger partial charge on any atom is 0.408 e. The second-order valence-corrected chi connectivity index (χ2v) is 11.7. The Kier molecular flexibility index (Phi) is 9.44. The molecular formula is C27H34F3N5O3S. The number of hydrogen-bond acceptors (Lipinski definition) is 4. The van der Waals surface area contributed by atoms with Crippen molar-refractivity contribution in [2.24, 2.45) is 0 Å². The van der Waals surface area contributed by atoms with Gasteiger partial charge in [0.05, 0.1) is 12.2 Å². The summed E-state index contributed by atoms with van der Waals surface area (Å²) in [6, 6.07) is 12.9. The third-order valence-corrected chi connectivity index (χ3v) is 7.35. The summed E-state index contributed by atoms with van der Waals surface area (Å²) >= 11 is 0. The highest BCUT2D eigenvalue weighted by Crippen LogP contribution is 2.34. The number of rotatable bonds is 10. The van der Waals surface area contributed by atoms with Crippen LogP contribution in [0.4, 0.5) is 23.7 Å². The minimum Gasteiger partial charge on any atom is -0.307 e. The molecule has 0 bridgehead atoms. The lowest BCUT2D eigenvalue weighted by molar-refractivity contribution is -0.142. The van der Waals surface area contributed by atoms with E-state index in [2.05, 4.69) is 15.1 Å². The quantitative estimate of drug-likeness (QED) is 0.312. The van der Waals surface area contributed by atoms with Crippen molar-refractivity contribution in [2.75, 3.05) is 5.32 Å². The summed E-state index contributed by atoms with van der Waals surface area (Å²) in [5.41, 5.74) is 4.06. The first kappa shape index (κ1) is 30.2. The smallest absolute Gasteiger partial charge is 0.307 e. The Bertz CT molecular complexity index is 1360. The number of urea groups is 1. The van der Waals surface area contributed by atoms with Gasteiger partial charge >= 0.3 is 22.4 Å². The van der Waals surface area contributed by atoms with Crippen LogP contribution in [0.5, 0.6) is 0 Å². The molecule has 2 N–H and O–H groups in total. The Labute approximate surface area is 227 Å². The Morgan fingerprint density at radius 2 is 1.59 bits per heavy atom. The normalized spacial score (nSPS) is 12.4. The van der Waals surface area contributed by atoms with Gasteiger partial charge in [-0.15, -0.1) is 0 Å².